The van der Waals surface area contributed by atoms with Crippen molar-refractivity contribution in [2.24, 2.45) is 0 Å². The average Bonchev–Trinajstić information content (AvgIpc) is 3.05. The Hall–Kier alpha value is -2.59. The van der Waals surface area contributed by atoms with Crippen molar-refractivity contribution in [3.63, 3.8) is 0 Å². The first-order valence-corrected chi connectivity index (χ1v) is 9.16. The molecular weight excluding hydrogens is 330 g/mol. The molecule has 3 nitrogen and oxygen atoms in total. The maximum atomic E-state index is 12.4. The molecule has 1 aliphatic rings. The monoisotopic (exact) mass is 349 g/mol. The fraction of sp³-hybridized carbons (Fsp3) is 0.190. The second-order valence-corrected chi connectivity index (χ2v) is 7.19. The molecule has 0 spiro atoms. The van der Waals surface area contributed by atoms with E-state index in [1.54, 1.807) is 18.4 Å². The number of aryl methyl sites for hydroxylation is 1. The van der Waals surface area contributed by atoms with Crippen molar-refractivity contribution < 1.29 is 9.53 Å². The normalized spacial score (nSPS) is 16.2. The maximum absolute atomic E-state index is 12.4. The van der Waals surface area contributed by atoms with E-state index in [1.165, 1.54) is 16.0 Å². The maximum Gasteiger partial charge on any atom is 0.225 e. The number of fused-ring (bicyclic) bond motifs is 1. The van der Waals surface area contributed by atoms with Crippen LogP contribution in [0, 0.1) is 6.92 Å². The molecule has 25 heavy (non-hydrogen) atoms. The average molecular weight is 349 g/mol. The van der Waals surface area contributed by atoms with Gasteiger partial charge in [-0.1, -0.05) is 36.4 Å². The summed E-state index contributed by atoms with van der Waals surface area (Å²) in [4.78, 5) is 13.6. The minimum absolute atomic E-state index is 0.0777. The second kappa shape index (κ2) is 6.37. The predicted octanol–water partition coefficient (Wildman–Crippen LogP) is 5.21. The Morgan fingerprint density at radius 2 is 1.88 bits per heavy atom. The van der Waals surface area contributed by atoms with Gasteiger partial charge in [0.1, 0.15) is 5.75 Å². The smallest absolute Gasteiger partial charge is 0.225 e. The Bertz CT molecular complexity index is 927. The van der Waals surface area contributed by atoms with Crippen LogP contribution >= 0.6 is 11.3 Å². The molecule has 126 valence electrons. The van der Waals surface area contributed by atoms with Crippen molar-refractivity contribution in [1.29, 1.82) is 0 Å². The van der Waals surface area contributed by atoms with Crippen molar-refractivity contribution in [1.82, 2.24) is 0 Å². The Morgan fingerprint density at radius 1 is 1.12 bits per heavy atom. The van der Waals surface area contributed by atoms with Crippen LogP contribution in [-0.4, -0.2) is 13.0 Å². The van der Waals surface area contributed by atoms with Gasteiger partial charge in [0.25, 0.3) is 0 Å². The van der Waals surface area contributed by atoms with Gasteiger partial charge in [0, 0.05) is 28.2 Å². The molecule has 1 atom stereocenters. The lowest BCUT2D eigenvalue weighted by molar-refractivity contribution is -0.116. The number of benzene rings is 2. The van der Waals surface area contributed by atoms with E-state index in [2.05, 4.69) is 29.8 Å². The van der Waals surface area contributed by atoms with Gasteiger partial charge < -0.3 is 10.1 Å². The molecule has 0 unspecified atom stereocenters. The van der Waals surface area contributed by atoms with Crippen molar-refractivity contribution in [3.8, 4) is 16.9 Å². The zero-order valence-electron chi connectivity index (χ0n) is 14.2. The number of carbonyl (C=O) groups is 1. The van der Waals surface area contributed by atoms with E-state index < -0.39 is 0 Å². The summed E-state index contributed by atoms with van der Waals surface area (Å²) in [6.45, 7) is 2.11. The molecule has 1 aliphatic heterocycles. The molecule has 2 aromatic carbocycles. The zero-order chi connectivity index (χ0) is 17.4. The van der Waals surface area contributed by atoms with E-state index in [1.807, 2.05) is 36.4 Å². The molecule has 0 bridgehead atoms. The number of hydrogen-bond donors (Lipinski definition) is 1. The highest BCUT2D eigenvalue weighted by Crippen LogP contribution is 2.47. The van der Waals surface area contributed by atoms with Crippen molar-refractivity contribution in [3.05, 3.63) is 69.9 Å². The minimum Gasteiger partial charge on any atom is -0.497 e. The highest BCUT2D eigenvalue weighted by Gasteiger charge is 2.31. The first-order chi connectivity index (χ1) is 12.2. The molecule has 1 N–H and O–H groups in total. The van der Waals surface area contributed by atoms with E-state index in [9.17, 15) is 4.79 Å². The van der Waals surface area contributed by atoms with Gasteiger partial charge in [-0.2, -0.15) is 0 Å². The van der Waals surface area contributed by atoms with Crippen LogP contribution < -0.4 is 10.1 Å². The van der Waals surface area contributed by atoms with Crippen LogP contribution in [0.15, 0.2) is 53.9 Å². The first-order valence-electron chi connectivity index (χ1n) is 8.28. The van der Waals surface area contributed by atoms with Gasteiger partial charge >= 0.3 is 0 Å². The van der Waals surface area contributed by atoms with Crippen LogP contribution in [0.4, 0.5) is 5.69 Å². The third-order valence-corrected chi connectivity index (χ3v) is 5.85. The predicted molar refractivity (Wildman–Crippen MR) is 103 cm³/mol. The highest BCUT2D eigenvalue weighted by atomic mass is 32.1. The summed E-state index contributed by atoms with van der Waals surface area (Å²) in [5.74, 6) is 1.03. The van der Waals surface area contributed by atoms with Crippen LogP contribution in [0.3, 0.4) is 0 Å². The van der Waals surface area contributed by atoms with Gasteiger partial charge in [0.2, 0.25) is 5.91 Å². The van der Waals surface area contributed by atoms with Crippen LogP contribution in [0.2, 0.25) is 0 Å². The van der Waals surface area contributed by atoms with Crippen LogP contribution in [0.25, 0.3) is 11.1 Å². The number of thiophene rings is 1. The fourth-order valence-electron chi connectivity index (χ4n) is 3.44. The summed E-state index contributed by atoms with van der Waals surface area (Å²) in [5.41, 5.74) is 5.59. The molecule has 3 aromatic rings. The Kier molecular flexibility index (Phi) is 4.06. The lowest BCUT2D eigenvalue weighted by Gasteiger charge is -2.25. The summed E-state index contributed by atoms with van der Waals surface area (Å²) in [6, 6.07) is 16.3. The number of rotatable bonds is 3. The Balaban J connectivity index is 1.80. The summed E-state index contributed by atoms with van der Waals surface area (Å²) in [7, 11) is 1.66. The standard InChI is InChI=1S/C21H19NO2S/c1-13-5-3-4-6-16(13)17-11-19(23)22-20-18(12-25-21(17)20)14-7-9-15(24-2)10-8-14/h3-10,12,17H,11H2,1-2H3,(H,22,23)/t17-/m1/s1. The SMILES string of the molecule is COc1ccc(-c2csc3c2NC(=O)C[C@@H]3c2ccccc2C)cc1. The topological polar surface area (TPSA) is 38.3 Å². The Morgan fingerprint density at radius 3 is 2.60 bits per heavy atom. The lowest BCUT2D eigenvalue weighted by atomic mass is 9.87. The van der Waals surface area contributed by atoms with Gasteiger partial charge in [-0.25, -0.2) is 0 Å². The van der Waals surface area contributed by atoms with E-state index >= 15 is 0 Å². The molecule has 0 radical (unpaired) electrons. The van der Waals surface area contributed by atoms with Crippen LogP contribution in [0.1, 0.15) is 28.3 Å². The van der Waals surface area contributed by atoms with Crippen LogP contribution in [0.5, 0.6) is 5.75 Å². The molecule has 4 heteroatoms. The first kappa shape index (κ1) is 15.9. The largest absolute Gasteiger partial charge is 0.497 e. The molecule has 0 saturated heterocycles. The molecule has 0 saturated carbocycles. The number of carbonyl (C=O) groups excluding carboxylic acids is 1. The molecule has 1 aromatic heterocycles. The Labute approximate surface area is 151 Å². The number of methoxy groups -OCH3 is 1. The van der Waals surface area contributed by atoms with Gasteiger partial charge in [0.05, 0.1) is 12.8 Å². The summed E-state index contributed by atoms with van der Waals surface area (Å²) < 4.78 is 5.24. The van der Waals surface area contributed by atoms with E-state index in [4.69, 9.17) is 4.74 Å². The van der Waals surface area contributed by atoms with E-state index in [0.717, 1.165) is 22.6 Å². The van der Waals surface area contributed by atoms with E-state index in [0.29, 0.717) is 6.42 Å². The van der Waals surface area contributed by atoms with Crippen molar-refractivity contribution >= 4 is 22.9 Å². The molecule has 4 rings (SSSR count). The van der Waals surface area contributed by atoms with Gasteiger partial charge in [-0.3, -0.25) is 4.79 Å². The number of hydrogen-bond acceptors (Lipinski definition) is 3. The zero-order valence-corrected chi connectivity index (χ0v) is 15.0. The van der Waals surface area contributed by atoms with E-state index in [-0.39, 0.29) is 11.8 Å². The number of amides is 1. The second-order valence-electron chi connectivity index (χ2n) is 6.28. The van der Waals surface area contributed by atoms with Crippen LogP contribution in [-0.2, 0) is 4.79 Å². The third-order valence-electron chi connectivity index (χ3n) is 4.75. The summed E-state index contributed by atoms with van der Waals surface area (Å²) >= 11 is 1.72. The number of nitrogens with one attached hydrogen (secondary N) is 1. The van der Waals surface area contributed by atoms with Gasteiger partial charge in [0.15, 0.2) is 0 Å². The third kappa shape index (κ3) is 2.83. The van der Waals surface area contributed by atoms with Gasteiger partial charge in [-0.05, 0) is 35.7 Å². The summed E-state index contributed by atoms with van der Waals surface area (Å²) in [6.07, 6.45) is 0.500. The van der Waals surface area contributed by atoms with Gasteiger partial charge in [-0.15, -0.1) is 11.3 Å². The van der Waals surface area contributed by atoms with Crippen molar-refractivity contribution in [2.45, 2.75) is 19.3 Å². The number of ether oxygens (including phenoxy) is 1. The highest BCUT2D eigenvalue weighted by molar-refractivity contribution is 7.11. The summed E-state index contributed by atoms with van der Waals surface area (Å²) in [5, 5.41) is 5.24. The number of anilines is 1. The quantitative estimate of drug-likeness (QED) is 0.705. The molecule has 0 aliphatic carbocycles. The molecule has 2 heterocycles. The minimum atomic E-state index is 0.0777. The molecule has 1 amide bonds. The van der Waals surface area contributed by atoms with Crippen molar-refractivity contribution in [2.75, 3.05) is 12.4 Å². The lowest BCUT2D eigenvalue weighted by Crippen LogP contribution is -2.22. The fourth-order valence-corrected chi connectivity index (χ4v) is 4.59. The molecule has 0 fully saturated rings. The molecular formula is C21H19NO2S.